The summed E-state index contributed by atoms with van der Waals surface area (Å²) < 4.78 is 11.6. The summed E-state index contributed by atoms with van der Waals surface area (Å²) in [4.78, 5) is 22.8. The molecule has 2 heterocycles. The lowest BCUT2D eigenvalue weighted by molar-refractivity contribution is -0.159. The van der Waals surface area contributed by atoms with Crippen molar-refractivity contribution in [2.75, 3.05) is 31.2 Å². The van der Waals surface area contributed by atoms with Crippen molar-refractivity contribution < 1.29 is 14.3 Å². The van der Waals surface area contributed by atoms with Crippen LogP contribution in [0.25, 0.3) is 15.6 Å². The van der Waals surface area contributed by atoms with Crippen LogP contribution in [0.5, 0.6) is 5.75 Å². The maximum Gasteiger partial charge on any atom is 0.315 e. The first kappa shape index (κ1) is 20.7. The molecular weight excluding hydrogens is 390 g/mol. The number of fused-ring (bicyclic) bond motifs is 1. The monoisotopic (exact) mass is 415 g/mol. The molecule has 1 saturated heterocycles. The second-order valence-electron chi connectivity index (χ2n) is 7.79. The molecule has 3 aromatic rings. The van der Waals surface area contributed by atoms with Crippen LogP contribution in [-0.2, 0) is 9.53 Å². The smallest absolute Gasteiger partial charge is 0.315 e. The first-order chi connectivity index (χ1) is 15.1. The molecule has 0 bridgehead atoms. The maximum absolute atomic E-state index is 12.9. The fourth-order valence-corrected chi connectivity index (χ4v) is 4.03. The molecule has 0 N–H and O–H groups in total. The van der Waals surface area contributed by atoms with Gasteiger partial charge < -0.3 is 14.4 Å². The average Bonchev–Trinajstić information content (AvgIpc) is 2.83. The van der Waals surface area contributed by atoms with Gasteiger partial charge in [0.2, 0.25) is 0 Å². The molecule has 1 aromatic heterocycles. The van der Waals surface area contributed by atoms with E-state index in [1.54, 1.807) is 12.4 Å². The molecule has 31 heavy (non-hydrogen) atoms. The maximum atomic E-state index is 12.9. The van der Waals surface area contributed by atoms with Crippen molar-refractivity contribution in [1.82, 2.24) is 4.98 Å². The Morgan fingerprint density at radius 1 is 1.10 bits per heavy atom. The first-order valence-electron chi connectivity index (χ1n) is 10.5. The summed E-state index contributed by atoms with van der Waals surface area (Å²) in [6, 6.07) is 15.4. The van der Waals surface area contributed by atoms with Gasteiger partial charge in [0.25, 0.3) is 0 Å². The van der Waals surface area contributed by atoms with E-state index in [1.807, 2.05) is 55.5 Å². The Balaban J connectivity index is 1.51. The molecule has 1 fully saturated rings. The molecule has 1 aliphatic heterocycles. The van der Waals surface area contributed by atoms with Crippen LogP contribution in [0.2, 0.25) is 0 Å². The number of hydrogen-bond donors (Lipinski definition) is 0. The van der Waals surface area contributed by atoms with Crippen LogP contribution >= 0.6 is 0 Å². The summed E-state index contributed by atoms with van der Waals surface area (Å²) in [7, 11) is 0. The normalized spacial score (nSPS) is 15.3. The van der Waals surface area contributed by atoms with Crippen molar-refractivity contribution in [1.29, 1.82) is 0 Å². The second kappa shape index (κ2) is 9.05. The summed E-state index contributed by atoms with van der Waals surface area (Å²) in [5.41, 5.74) is 1.03. The molecule has 158 valence electrons. The fourth-order valence-electron chi connectivity index (χ4n) is 4.03. The molecule has 4 rings (SSSR count). The highest BCUT2D eigenvalue weighted by Crippen LogP contribution is 2.36. The molecule has 6 nitrogen and oxygen atoms in total. The molecule has 2 aromatic carbocycles. The Morgan fingerprint density at radius 2 is 1.84 bits per heavy atom. The summed E-state index contributed by atoms with van der Waals surface area (Å²) in [5.74, 6) is 0.496. The van der Waals surface area contributed by atoms with Gasteiger partial charge >= 0.3 is 5.97 Å². The van der Waals surface area contributed by atoms with Crippen molar-refractivity contribution in [2.45, 2.75) is 19.8 Å². The highest BCUT2D eigenvalue weighted by molar-refractivity contribution is 5.87. The fraction of sp³-hybridized carbons (Fsp3) is 0.320. The van der Waals surface area contributed by atoms with Crippen LogP contribution < -0.4 is 9.64 Å². The Labute approximate surface area is 182 Å². The van der Waals surface area contributed by atoms with Crippen molar-refractivity contribution in [3.63, 3.8) is 0 Å². The van der Waals surface area contributed by atoms with Crippen molar-refractivity contribution >= 4 is 28.1 Å². The molecule has 6 heteroatoms. The Hall–Kier alpha value is -3.59. The molecule has 0 spiro atoms. The van der Waals surface area contributed by atoms with Gasteiger partial charge in [-0.15, -0.1) is 0 Å². The minimum Gasteiger partial charge on any atom is -0.492 e. The summed E-state index contributed by atoms with van der Waals surface area (Å²) >= 11 is 0. The number of aromatic nitrogens is 1. The summed E-state index contributed by atoms with van der Waals surface area (Å²) in [6.45, 7) is 11.2. The van der Waals surface area contributed by atoms with Crippen molar-refractivity contribution in [3.05, 3.63) is 72.3 Å². The van der Waals surface area contributed by atoms with Gasteiger partial charge in [-0.3, -0.25) is 9.78 Å². The minimum absolute atomic E-state index is 0.194. The molecule has 0 atom stereocenters. The molecular formula is C25H25N3O3. The third kappa shape index (κ3) is 4.46. The third-order valence-electron chi connectivity index (χ3n) is 5.90. The van der Waals surface area contributed by atoms with Crippen LogP contribution in [-0.4, -0.2) is 37.3 Å². The lowest BCUT2D eigenvalue weighted by Crippen LogP contribution is -2.48. The van der Waals surface area contributed by atoms with Gasteiger partial charge in [0.05, 0.1) is 13.2 Å². The second-order valence-corrected chi connectivity index (χ2v) is 7.79. The van der Waals surface area contributed by atoms with Crippen LogP contribution in [0.1, 0.15) is 19.8 Å². The van der Waals surface area contributed by atoms with E-state index in [4.69, 9.17) is 16.0 Å². The van der Waals surface area contributed by atoms with Gasteiger partial charge in [0.15, 0.2) is 5.69 Å². The largest absolute Gasteiger partial charge is 0.492 e. The molecule has 1 aliphatic rings. The highest BCUT2D eigenvalue weighted by atomic mass is 16.5. The number of rotatable bonds is 6. The minimum atomic E-state index is -0.674. The topological polar surface area (TPSA) is 56.0 Å². The van der Waals surface area contributed by atoms with Gasteiger partial charge in [0, 0.05) is 31.2 Å². The van der Waals surface area contributed by atoms with E-state index in [-0.39, 0.29) is 12.6 Å². The summed E-state index contributed by atoms with van der Waals surface area (Å²) in [6.07, 6.45) is 4.88. The number of benzene rings is 2. The quantitative estimate of drug-likeness (QED) is 0.418. The van der Waals surface area contributed by atoms with Crippen molar-refractivity contribution in [2.24, 2.45) is 5.41 Å². The Kier molecular flexibility index (Phi) is 6.03. The molecule has 0 unspecified atom stereocenters. The molecule has 0 saturated carbocycles. The molecule has 0 aliphatic carbocycles. The summed E-state index contributed by atoms with van der Waals surface area (Å²) in [5, 5.41) is 1.99. The lowest BCUT2D eigenvalue weighted by atomic mass is 9.79. The zero-order valence-electron chi connectivity index (χ0n) is 17.6. The van der Waals surface area contributed by atoms with E-state index < -0.39 is 5.41 Å². The molecule has 0 amide bonds. The van der Waals surface area contributed by atoms with E-state index in [0.29, 0.717) is 30.9 Å². The van der Waals surface area contributed by atoms with Crippen LogP contribution in [0, 0.1) is 12.0 Å². The number of anilines is 1. The van der Waals surface area contributed by atoms with Crippen LogP contribution in [0.3, 0.4) is 0 Å². The van der Waals surface area contributed by atoms with E-state index in [1.165, 1.54) is 0 Å². The highest BCUT2D eigenvalue weighted by Gasteiger charge is 2.43. The SMILES string of the molecule is [C-]#[N+]c1ccc2ccc(OCC3(C(=O)OCC)CCN(c4ccncc4)CC3)cc2c1. The number of pyridine rings is 1. The number of piperidine rings is 1. The predicted molar refractivity (Wildman–Crippen MR) is 120 cm³/mol. The van der Waals surface area contributed by atoms with Gasteiger partial charge in [-0.05, 0) is 60.9 Å². The van der Waals surface area contributed by atoms with E-state index in [9.17, 15) is 4.79 Å². The van der Waals surface area contributed by atoms with E-state index in [0.717, 1.165) is 29.5 Å². The Bertz CT molecular complexity index is 1100. The predicted octanol–water partition coefficient (Wildman–Crippen LogP) is 5.01. The average molecular weight is 415 g/mol. The zero-order chi connectivity index (χ0) is 21.7. The van der Waals surface area contributed by atoms with Crippen LogP contribution in [0.15, 0.2) is 60.9 Å². The third-order valence-corrected chi connectivity index (χ3v) is 5.90. The van der Waals surface area contributed by atoms with Gasteiger partial charge in [-0.1, -0.05) is 18.2 Å². The number of hydrogen-bond acceptors (Lipinski definition) is 5. The number of carbonyl (C=O) groups is 1. The van der Waals surface area contributed by atoms with Crippen LogP contribution in [0.4, 0.5) is 11.4 Å². The number of nitrogens with zero attached hydrogens (tertiary/aromatic N) is 3. The number of carbonyl (C=O) groups excluding carboxylic acids is 1. The van der Waals surface area contributed by atoms with E-state index in [2.05, 4.69) is 14.7 Å². The number of esters is 1. The Morgan fingerprint density at radius 3 is 2.55 bits per heavy atom. The van der Waals surface area contributed by atoms with E-state index >= 15 is 0 Å². The standard InChI is InChI=1S/C25H25N3O3/c1-3-30-24(29)25(10-14-28(15-11-25)22-8-12-27-13-9-22)18-31-23-7-5-19-4-6-21(26-2)16-20(19)17-23/h4-9,12-13,16-17H,3,10-11,14-15,18H2,1H3. The zero-order valence-corrected chi connectivity index (χ0v) is 17.6. The van der Waals surface area contributed by atoms with Gasteiger partial charge in [0.1, 0.15) is 17.8 Å². The van der Waals surface area contributed by atoms with Crippen molar-refractivity contribution in [3.8, 4) is 5.75 Å². The molecule has 0 radical (unpaired) electrons. The van der Waals surface area contributed by atoms with Gasteiger partial charge in [-0.2, -0.15) is 0 Å². The lowest BCUT2D eigenvalue weighted by Gasteiger charge is -2.40. The van der Waals surface area contributed by atoms with Gasteiger partial charge in [-0.25, -0.2) is 4.85 Å². The number of ether oxygens (including phenoxy) is 2. The first-order valence-corrected chi connectivity index (χ1v) is 10.5.